The average molecular weight is 185 g/mol. The zero-order valence-electron chi connectivity index (χ0n) is 5.37. The zero-order valence-corrected chi connectivity index (χ0v) is 10.7. The number of halogens is 1. The fourth-order valence-corrected chi connectivity index (χ4v) is 5.80. The van der Waals surface area contributed by atoms with Crippen molar-refractivity contribution >= 4 is 40.8 Å². The monoisotopic (exact) mass is 184 g/mol. The van der Waals surface area contributed by atoms with Gasteiger partial charge in [0, 0.05) is 5.50 Å². The highest BCUT2D eigenvalue weighted by Gasteiger charge is 1.96. The molecule has 0 aliphatic heterocycles. The lowest BCUT2D eigenvalue weighted by molar-refractivity contribution is 1.40. The molecule has 0 rings (SSSR count). The van der Waals surface area contributed by atoms with Crippen molar-refractivity contribution in [1.82, 2.24) is 9.30 Å². The molecule has 0 radical (unpaired) electrons. The summed E-state index contributed by atoms with van der Waals surface area (Å²) >= 11 is 5.59. The fraction of sp³-hybridized carbons (Fsp3) is 1.00. The van der Waals surface area contributed by atoms with E-state index in [9.17, 15) is 0 Å². The molecule has 0 spiro atoms. The maximum atomic E-state index is 5.59. The molecule has 0 aromatic heterocycles. The molecule has 1 atom stereocenters. The third-order valence-corrected chi connectivity index (χ3v) is 7.73. The van der Waals surface area contributed by atoms with Crippen LogP contribution in [0.15, 0.2) is 0 Å². The third kappa shape index (κ3) is 5.01. The van der Waals surface area contributed by atoms with Gasteiger partial charge in [-0.1, -0.05) is 6.55 Å². The van der Waals surface area contributed by atoms with Crippen molar-refractivity contribution in [2.24, 2.45) is 0 Å². The second kappa shape index (κ2) is 5.99. The maximum Gasteiger partial charge on any atom is 0.153 e. The Hall–Kier alpha value is 0.861. The van der Waals surface area contributed by atoms with Crippen LogP contribution < -0.4 is 9.30 Å². The number of alkyl halides is 1. The lowest BCUT2D eigenvalue weighted by Gasteiger charge is -2.05. The minimum absolute atomic E-state index is 0.0977. The van der Waals surface area contributed by atoms with Gasteiger partial charge in [-0.3, -0.25) is 0 Å². The lowest BCUT2D eigenvalue weighted by atomic mass is 11.9. The Kier molecular flexibility index (Phi) is 6.63. The molecule has 0 aromatic carbocycles. The molecule has 8 heavy (non-hydrogen) atoms. The first-order valence-electron chi connectivity index (χ1n) is 2.75. The molecule has 0 aliphatic rings. The summed E-state index contributed by atoms with van der Waals surface area (Å²) in [7, 11) is 0.366. The third-order valence-electron chi connectivity index (χ3n) is 0.859. The Bertz CT molecular complexity index is 54.5. The summed E-state index contributed by atoms with van der Waals surface area (Å²) in [5.41, 5.74) is 0.857. The SMILES string of the molecule is C[SiH](CCl)N[SiH2]N[SiH3]. The van der Waals surface area contributed by atoms with Crippen molar-refractivity contribution in [3.05, 3.63) is 0 Å². The number of nitrogens with one attached hydrogen (secondary N) is 2. The van der Waals surface area contributed by atoms with Crippen LogP contribution in [-0.2, 0) is 0 Å². The molecule has 0 bridgehead atoms. The van der Waals surface area contributed by atoms with Gasteiger partial charge in [-0.2, -0.15) is 0 Å². The van der Waals surface area contributed by atoms with Gasteiger partial charge in [0.2, 0.25) is 0 Å². The van der Waals surface area contributed by atoms with Crippen LogP contribution in [-0.4, -0.2) is 34.7 Å². The van der Waals surface area contributed by atoms with Crippen LogP contribution in [0.4, 0.5) is 0 Å². The van der Waals surface area contributed by atoms with Crippen LogP contribution in [0.5, 0.6) is 0 Å². The van der Waals surface area contributed by atoms with Gasteiger partial charge in [0.05, 0.1) is 10.4 Å². The molecule has 0 aromatic rings. The highest BCUT2D eigenvalue weighted by atomic mass is 35.5. The Morgan fingerprint density at radius 1 is 1.88 bits per heavy atom. The van der Waals surface area contributed by atoms with E-state index in [0.29, 0.717) is 0 Å². The quantitative estimate of drug-likeness (QED) is 0.376. The predicted octanol–water partition coefficient (Wildman–Crippen LogP) is -2.42. The van der Waals surface area contributed by atoms with E-state index in [2.05, 4.69) is 15.8 Å². The van der Waals surface area contributed by atoms with Crippen molar-refractivity contribution < 1.29 is 0 Å². The summed E-state index contributed by atoms with van der Waals surface area (Å²) in [6.07, 6.45) is 0. The van der Waals surface area contributed by atoms with Crippen LogP contribution in [0.3, 0.4) is 0 Å². The predicted molar refractivity (Wildman–Crippen MR) is 48.5 cm³/mol. The highest BCUT2D eigenvalue weighted by Crippen LogP contribution is 1.77. The summed E-state index contributed by atoms with van der Waals surface area (Å²) < 4.78 is 6.73. The molecule has 0 heterocycles. The molecule has 2 N–H and O–H groups in total. The minimum atomic E-state index is -0.662. The fourth-order valence-electron chi connectivity index (χ4n) is 0.331. The number of hydrogen-bond acceptors (Lipinski definition) is 2. The smallest absolute Gasteiger partial charge is 0.153 e. The summed E-state index contributed by atoms with van der Waals surface area (Å²) in [6.45, 7) is 2.24. The van der Waals surface area contributed by atoms with Crippen LogP contribution >= 0.6 is 11.6 Å². The standard InChI is InChI=1S/C2H13ClN2Si3/c1-8(2-3)5-7-4-6/h4-5,8H,2,7H2,1,6H3. The molecule has 1 unspecified atom stereocenters. The van der Waals surface area contributed by atoms with Gasteiger partial charge < -0.3 is 9.30 Å². The van der Waals surface area contributed by atoms with Crippen molar-refractivity contribution in [2.45, 2.75) is 6.55 Å². The van der Waals surface area contributed by atoms with Crippen LogP contribution in [0.1, 0.15) is 0 Å². The van der Waals surface area contributed by atoms with Crippen LogP contribution in [0.25, 0.3) is 0 Å². The number of rotatable bonds is 4. The molecule has 0 saturated carbocycles. The molecule has 0 aliphatic carbocycles. The second-order valence-corrected chi connectivity index (χ2v) is 9.64. The molecular formula is C2H13ClN2Si3. The Morgan fingerprint density at radius 2 is 2.50 bits per heavy atom. The van der Waals surface area contributed by atoms with Crippen molar-refractivity contribution in [2.75, 3.05) is 5.50 Å². The molecule has 50 valence electrons. The van der Waals surface area contributed by atoms with Gasteiger partial charge in [-0.05, 0) is 0 Å². The highest BCUT2D eigenvalue weighted by molar-refractivity contribution is 6.70. The van der Waals surface area contributed by atoms with Gasteiger partial charge in [0.25, 0.3) is 0 Å². The summed E-state index contributed by atoms with van der Waals surface area (Å²) in [4.78, 5) is 0. The van der Waals surface area contributed by atoms with Crippen LogP contribution in [0.2, 0.25) is 6.55 Å². The molecule has 0 fully saturated rings. The molecule has 0 amide bonds. The van der Waals surface area contributed by atoms with E-state index >= 15 is 0 Å². The molecule has 2 nitrogen and oxygen atoms in total. The Balaban J connectivity index is 2.86. The first-order chi connectivity index (χ1) is 3.81. The maximum absolute atomic E-state index is 5.59. The van der Waals surface area contributed by atoms with Gasteiger partial charge >= 0.3 is 0 Å². The number of hydrogen-bond donors (Lipinski definition) is 2. The van der Waals surface area contributed by atoms with Gasteiger partial charge in [0.15, 0.2) is 9.84 Å². The molecule has 0 saturated heterocycles. The topological polar surface area (TPSA) is 24.1 Å². The van der Waals surface area contributed by atoms with E-state index in [1.807, 2.05) is 0 Å². The van der Waals surface area contributed by atoms with E-state index in [-0.39, 0.29) is 9.84 Å². The first-order valence-corrected chi connectivity index (χ1v) is 8.25. The Morgan fingerprint density at radius 3 is 2.88 bits per heavy atom. The van der Waals surface area contributed by atoms with Crippen molar-refractivity contribution in [1.29, 1.82) is 0 Å². The normalized spacial score (nSPS) is 15.8. The van der Waals surface area contributed by atoms with Gasteiger partial charge in [-0.25, -0.2) is 0 Å². The molecule has 6 heteroatoms. The van der Waals surface area contributed by atoms with E-state index in [0.717, 1.165) is 15.9 Å². The lowest BCUT2D eigenvalue weighted by Crippen LogP contribution is -2.42. The van der Waals surface area contributed by atoms with E-state index < -0.39 is 8.96 Å². The van der Waals surface area contributed by atoms with E-state index in [4.69, 9.17) is 11.6 Å². The first kappa shape index (κ1) is 8.86. The van der Waals surface area contributed by atoms with Crippen LogP contribution in [0, 0.1) is 0 Å². The van der Waals surface area contributed by atoms with Crippen molar-refractivity contribution in [3.63, 3.8) is 0 Å². The second-order valence-electron chi connectivity index (χ2n) is 1.79. The summed E-state index contributed by atoms with van der Waals surface area (Å²) in [6, 6.07) is 0. The van der Waals surface area contributed by atoms with Gasteiger partial charge in [-0.15, -0.1) is 11.6 Å². The largest absolute Gasteiger partial charge is 0.360 e. The van der Waals surface area contributed by atoms with E-state index in [1.54, 1.807) is 0 Å². The summed E-state index contributed by atoms with van der Waals surface area (Å²) in [5, 5.41) is 0. The van der Waals surface area contributed by atoms with E-state index in [1.165, 1.54) is 0 Å². The summed E-state index contributed by atoms with van der Waals surface area (Å²) in [5.74, 6) is 0. The molecular weight excluding hydrogens is 172 g/mol. The average Bonchev–Trinajstić information content (AvgIpc) is 1.83. The zero-order chi connectivity index (χ0) is 6.41. The van der Waals surface area contributed by atoms with Crippen molar-refractivity contribution in [3.8, 4) is 0 Å². The Labute approximate surface area is 62.5 Å². The van der Waals surface area contributed by atoms with Gasteiger partial charge in [0.1, 0.15) is 8.96 Å². The minimum Gasteiger partial charge on any atom is -0.360 e.